The average molecular weight is 382 g/mol. The smallest absolute Gasteiger partial charge is 0.251 e. The monoisotopic (exact) mass is 381 g/mol. The van der Waals surface area contributed by atoms with Crippen LogP contribution in [0.15, 0.2) is 41.9 Å². The molecule has 0 aliphatic heterocycles. The number of hydrogen-bond acceptors (Lipinski definition) is 3. The summed E-state index contributed by atoms with van der Waals surface area (Å²) in [6, 6.07) is 10.1. The summed E-state index contributed by atoms with van der Waals surface area (Å²) in [6.07, 6.45) is 7.08. The molecule has 0 aliphatic carbocycles. The van der Waals surface area contributed by atoms with E-state index < -0.39 is 0 Å². The fourth-order valence-corrected chi connectivity index (χ4v) is 4.37. The van der Waals surface area contributed by atoms with Crippen LogP contribution in [-0.2, 0) is 19.4 Å². The van der Waals surface area contributed by atoms with Crippen molar-refractivity contribution in [1.82, 2.24) is 9.55 Å². The van der Waals surface area contributed by atoms with Crippen LogP contribution in [0.4, 0.5) is 0 Å². The summed E-state index contributed by atoms with van der Waals surface area (Å²) in [4.78, 5) is 18.2. The number of hydrogen-bond donors (Lipinski definition) is 1. The zero-order chi connectivity index (χ0) is 19.2. The number of primary amides is 1. The van der Waals surface area contributed by atoms with E-state index in [4.69, 9.17) is 5.73 Å². The molecule has 0 spiro atoms. The van der Waals surface area contributed by atoms with E-state index in [-0.39, 0.29) is 5.91 Å². The Morgan fingerprint density at radius 2 is 2.04 bits per heavy atom. The molecule has 3 rings (SSSR count). The van der Waals surface area contributed by atoms with Crippen LogP contribution in [0.25, 0.3) is 11.3 Å². The quantitative estimate of drug-likeness (QED) is 0.531. The predicted molar refractivity (Wildman–Crippen MR) is 112 cm³/mol. The fourth-order valence-electron chi connectivity index (χ4n) is 3.67. The van der Waals surface area contributed by atoms with Gasteiger partial charge in [-0.25, -0.2) is 0 Å². The summed E-state index contributed by atoms with van der Waals surface area (Å²) < 4.78 is 2.29. The number of carbonyl (C=O) groups is 1. The van der Waals surface area contributed by atoms with Gasteiger partial charge in [0, 0.05) is 34.6 Å². The second-order valence-electron chi connectivity index (χ2n) is 6.80. The maximum atomic E-state index is 12.3. The Bertz CT molecular complexity index is 882. The third-order valence-corrected chi connectivity index (χ3v) is 5.91. The highest BCUT2D eigenvalue weighted by atomic mass is 32.1. The molecule has 1 amide bonds. The minimum Gasteiger partial charge on any atom is -0.366 e. The zero-order valence-electron chi connectivity index (χ0n) is 16.1. The Kier molecular flexibility index (Phi) is 6.45. The number of rotatable bonds is 9. The number of nitrogens with two attached hydrogens (primary N) is 1. The molecule has 3 heterocycles. The van der Waals surface area contributed by atoms with Crippen LogP contribution in [-0.4, -0.2) is 15.5 Å². The van der Waals surface area contributed by atoms with Gasteiger partial charge < -0.3 is 10.3 Å². The number of thiophene rings is 1. The Morgan fingerprint density at radius 1 is 1.19 bits per heavy atom. The molecule has 142 valence electrons. The van der Waals surface area contributed by atoms with Crippen molar-refractivity contribution in [3.05, 3.63) is 63.7 Å². The number of aromatic nitrogens is 2. The maximum absolute atomic E-state index is 12.3. The van der Waals surface area contributed by atoms with Crippen molar-refractivity contribution in [3.63, 3.8) is 0 Å². The van der Waals surface area contributed by atoms with Crippen LogP contribution in [0.5, 0.6) is 0 Å². The first-order valence-electron chi connectivity index (χ1n) is 9.59. The topological polar surface area (TPSA) is 60.9 Å². The van der Waals surface area contributed by atoms with Gasteiger partial charge in [0.25, 0.3) is 5.91 Å². The van der Waals surface area contributed by atoms with Crippen LogP contribution in [0.2, 0.25) is 0 Å². The zero-order valence-corrected chi connectivity index (χ0v) is 16.9. The van der Waals surface area contributed by atoms with E-state index in [0.717, 1.165) is 49.2 Å². The molecule has 0 aromatic carbocycles. The molecule has 27 heavy (non-hydrogen) atoms. The first kappa shape index (κ1) is 19.4. The van der Waals surface area contributed by atoms with Gasteiger partial charge in [-0.05, 0) is 49.8 Å². The average Bonchev–Trinajstić information content (AvgIpc) is 3.27. The molecular weight excluding hydrogens is 354 g/mol. The molecule has 0 saturated heterocycles. The van der Waals surface area contributed by atoms with Crippen molar-refractivity contribution < 1.29 is 4.79 Å². The molecule has 0 bridgehead atoms. The van der Waals surface area contributed by atoms with Gasteiger partial charge in [0.2, 0.25) is 0 Å². The molecule has 3 aromatic heterocycles. The fraction of sp³-hybridized carbons (Fsp3) is 0.364. The van der Waals surface area contributed by atoms with E-state index >= 15 is 0 Å². The summed E-state index contributed by atoms with van der Waals surface area (Å²) >= 11 is 1.77. The number of carbonyl (C=O) groups excluding carboxylic acids is 1. The molecule has 3 aromatic rings. The Hall–Kier alpha value is -2.40. The largest absolute Gasteiger partial charge is 0.366 e. The lowest BCUT2D eigenvalue weighted by Crippen LogP contribution is -2.14. The molecule has 0 atom stereocenters. The second kappa shape index (κ2) is 9.00. The van der Waals surface area contributed by atoms with Crippen molar-refractivity contribution in [1.29, 1.82) is 0 Å². The van der Waals surface area contributed by atoms with Crippen molar-refractivity contribution in [3.8, 4) is 11.3 Å². The van der Waals surface area contributed by atoms with Crippen LogP contribution in [0.1, 0.15) is 52.8 Å². The van der Waals surface area contributed by atoms with Gasteiger partial charge in [0.05, 0.1) is 11.3 Å². The van der Waals surface area contributed by atoms with Crippen molar-refractivity contribution in [2.75, 3.05) is 0 Å². The highest BCUT2D eigenvalue weighted by molar-refractivity contribution is 7.09. The lowest BCUT2D eigenvalue weighted by atomic mass is 10.0. The van der Waals surface area contributed by atoms with Crippen LogP contribution in [0, 0.1) is 6.92 Å². The summed E-state index contributed by atoms with van der Waals surface area (Å²) in [5.74, 6) is -0.375. The van der Waals surface area contributed by atoms with Crippen LogP contribution < -0.4 is 5.73 Å². The highest BCUT2D eigenvalue weighted by Gasteiger charge is 2.25. The van der Waals surface area contributed by atoms with E-state index in [1.54, 1.807) is 17.5 Å². The number of amides is 1. The molecule has 0 unspecified atom stereocenters. The van der Waals surface area contributed by atoms with Gasteiger partial charge in [-0.1, -0.05) is 31.9 Å². The van der Waals surface area contributed by atoms with Crippen LogP contribution in [0.3, 0.4) is 0 Å². The first-order chi connectivity index (χ1) is 13.1. The molecule has 4 nitrogen and oxygen atoms in total. The molecular formula is C22H27N3OS. The standard InChI is InChI=1S/C22H27N3OS/c1-3-4-5-11-19-21(18-10-6-7-13-24-18)20(22(23)26)16(2)25(19)14-12-17-9-8-15-27-17/h6-10,13,15H,3-5,11-12,14H2,1-2H3,(H2,23,26). The van der Waals surface area contributed by atoms with E-state index in [2.05, 4.69) is 34.0 Å². The van der Waals surface area contributed by atoms with Gasteiger partial charge in [0.1, 0.15) is 0 Å². The van der Waals surface area contributed by atoms with Gasteiger partial charge in [0.15, 0.2) is 0 Å². The SMILES string of the molecule is CCCCCc1c(-c2ccccn2)c(C(N)=O)c(C)n1CCc1cccs1. The second-order valence-corrected chi connectivity index (χ2v) is 7.83. The van der Waals surface area contributed by atoms with E-state index in [9.17, 15) is 4.79 Å². The Morgan fingerprint density at radius 3 is 2.67 bits per heavy atom. The van der Waals surface area contributed by atoms with Gasteiger partial charge in [-0.3, -0.25) is 9.78 Å². The lowest BCUT2D eigenvalue weighted by molar-refractivity contribution is 0.1000. The summed E-state index contributed by atoms with van der Waals surface area (Å²) in [6.45, 7) is 5.06. The number of nitrogens with zero attached hydrogens (tertiary/aromatic N) is 2. The molecule has 0 aliphatic rings. The Balaban J connectivity index is 2.08. The molecule has 0 saturated carbocycles. The normalized spacial score (nSPS) is 11.0. The van der Waals surface area contributed by atoms with Gasteiger partial charge in [-0.15, -0.1) is 11.3 Å². The minimum atomic E-state index is -0.375. The van der Waals surface area contributed by atoms with E-state index in [1.165, 1.54) is 17.0 Å². The maximum Gasteiger partial charge on any atom is 0.251 e. The van der Waals surface area contributed by atoms with Gasteiger partial charge >= 0.3 is 0 Å². The third kappa shape index (κ3) is 4.30. The summed E-state index contributed by atoms with van der Waals surface area (Å²) in [5, 5.41) is 2.11. The number of aryl methyl sites for hydroxylation is 1. The summed E-state index contributed by atoms with van der Waals surface area (Å²) in [7, 11) is 0. The molecule has 2 N–H and O–H groups in total. The number of pyridine rings is 1. The number of unbranched alkanes of at least 4 members (excludes halogenated alkanes) is 2. The van der Waals surface area contributed by atoms with Crippen molar-refractivity contribution in [2.24, 2.45) is 5.73 Å². The van der Waals surface area contributed by atoms with Crippen molar-refractivity contribution in [2.45, 2.75) is 52.5 Å². The first-order valence-corrected chi connectivity index (χ1v) is 10.5. The molecule has 0 fully saturated rings. The van der Waals surface area contributed by atoms with Crippen molar-refractivity contribution >= 4 is 17.2 Å². The predicted octanol–water partition coefficient (Wildman–Crippen LogP) is 4.99. The Labute approximate surface area is 165 Å². The van der Waals surface area contributed by atoms with E-state index in [1.807, 2.05) is 25.1 Å². The molecule has 0 radical (unpaired) electrons. The molecule has 5 heteroatoms. The summed E-state index contributed by atoms with van der Waals surface area (Å²) in [5.41, 5.74) is 10.3. The highest BCUT2D eigenvalue weighted by Crippen LogP contribution is 2.33. The van der Waals surface area contributed by atoms with Crippen LogP contribution >= 0.6 is 11.3 Å². The minimum absolute atomic E-state index is 0.375. The van der Waals surface area contributed by atoms with Gasteiger partial charge in [-0.2, -0.15) is 0 Å². The third-order valence-electron chi connectivity index (χ3n) is 4.98. The van der Waals surface area contributed by atoms with E-state index in [0.29, 0.717) is 5.56 Å². The lowest BCUT2D eigenvalue weighted by Gasteiger charge is -2.13.